The molecule has 1 saturated heterocycles. The number of carbonyl (C=O) groups is 1. The minimum absolute atomic E-state index is 0.00186. The maximum Gasteiger partial charge on any atom is 0.273 e. The summed E-state index contributed by atoms with van der Waals surface area (Å²) in [5, 5.41) is 3.61. The van der Waals surface area contributed by atoms with Gasteiger partial charge in [-0.05, 0) is 29.8 Å². The van der Waals surface area contributed by atoms with Crippen molar-refractivity contribution in [1.29, 1.82) is 0 Å². The van der Waals surface area contributed by atoms with Gasteiger partial charge in [-0.15, -0.1) is 11.3 Å². The van der Waals surface area contributed by atoms with Crippen LogP contribution in [0.4, 0.5) is 0 Å². The quantitative estimate of drug-likeness (QED) is 0.472. The second-order valence-electron chi connectivity index (χ2n) is 6.48. The van der Waals surface area contributed by atoms with E-state index in [2.05, 4.69) is 4.98 Å². The lowest BCUT2D eigenvalue weighted by Crippen LogP contribution is -2.38. The van der Waals surface area contributed by atoms with Crippen LogP contribution in [0.15, 0.2) is 47.8 Å². The summed E-state index contributed by atoms with van der Waals surface area (Å²) in [5.41, 5.74) is 2.29. The van der Waals surface area contributed by atoms with Crippen molar-refractivity contribution in [2.75, 3.05) is 24.6 Å². The van der Waals surface area contributed by atoms with Gasteiger partial charge in [0.1, 0.15) is 23.1 Å². The summed E-state index contributed by atoms with van der Waals surface area (Å²) in [5.74, 6) is 2.67. The number of hydrogen-bond acceptors (Lipinski definition) is 5. The van der Waals surface area contributed by atoms with Gasteiger partial charge in [0.2, 0.25) is 0 Å². The third kappa shape index (κ3) is 4.89. The monoisotopic (exact) mass is 464 g/mol. The molecule has 1 amide bonds. The van der Waals surface area contributed by atoms with E-state index in [0.717, 1.165) is 40.7 Å². The smallest absolute Gasteiger partial charge is 0.273 e. The summed E-state index contributed by atoms with van der Waals surface area (Å²) >= 11 is 15.4. The highest BCUT2D eigenvalue weighted by molar-refractivity contribution is 7.99. The first-order chi connectivity index (χ1) is 14.1. The van der Waals surface area contributed by atoms with E-state index < -0.39 is 0 Å². The molecule has 1 fully saturated rings. The normalized spacial score (nSPS) is 14.1. The van der Waals surface area contributed by atoms with Gasteiger partial charge in [-0.1, -0.05) is 41.4 Å². The molecule has 0 unspecified atom stereocenters. The Kier molecular flexibility index (Phi) is 6.65. The van der Waals surface area contributed by atoms with E-state index in [1.54, 1.807) is 12.1 Å². The number of aromatic nitrogens is 1. The van der Waals surface area contributed by atoms with Gasteiger partial charge in [0, 0.05) is 30.0 Å². The minimum Gasteiger partial charge on any atom is -0.488 e. The van der Waals surface area contributed by atoms with E-state index in [9.17, 15) is 4.79 Å². The van der Waals surface area contributed by atoms with Gasteiger partial charge in [-0.2, -0.15) is 11.8 Å². The van der Waals surface area contributed by atoms with Crippen LogP contribution in [-0.4, -0.2) is 40.4 Å². The predicted octanol–water partition coefficient (Wildman–Crippen LogP) is 5.88. The topological polar surface area (TPSA) is 42.4 Å². The molecule has 1 aliphatic heterocycles. The van der Waals surface area contributed by atoms with Crippen molar-refractivity contribution in [3.63, 3.8) is 0 Å². The second kappa shape index (κ2) is 9.39. The fourth-order valence-corrected chi connectivity index (χ4v) is 5.03. The molecule has 150 valence electrons. The number of carbonyl (C=O) groups excluding carboxylic acids is 1. The second-order valence-corrected chi connectivity index (χ2v) is 9.37. The maximum atomic E-state index is 12.7. The highest BCUT2D eigenvalue weighted by atomic mass is 35.5. The van der Waals surface area contributed by atoms with Crippen molar-refractivity contribution in [3.05, 3.63) is 69.1 Å². The SMILES string of the molecule is O=C(c1csc(-c2ccccc2OCc2ccc(Cl)c(Cl)c2)n1)N1CCSCC1. The van der Waals surface area contributed by atoms with Crippen LogP contribution in [0.3, 0.4) is 0 Å². The van der Waals surface area contributed by atoms with E-state index in [1.165, 1.54) is 11.3 Å². The van der Waals surface area contributed by atoms with Crippen molar-refractivity contribution < 1.29 is 9.53 Å². The third-order valence-corrected chi connectivity index (χ3v) is 7.07. The molecule has 4 rings (SSSR count). The average molecular weight is 465 g/mol. The molecule has 4 nitrogen and oxygen atoms in total. The molecule has 3 aromatic rings. The molecular formula is C21H18Cl2N2O2S2. The zero-order chi connectivity index (χ0) is 20.2. The standard InChI is InChI=1S/C21H18Cl2N2O2S2/c22-16-6-5-14(11-17(16)23)12-27-19-4-2-1-3-15(19)20-24-18(13-29-20)21(26)25-7-9-28-10-8-25/h1-6,11,13H,7-10,12H2. The average Bonchev–Trinajstić information content (AvgIpc) is 3.25. The number of benzene rings is 2. The number of hydrogen-bond donors (Lipinski definition) is 0. The van der Waals surface area contributed by atoms with Gasteiger partial charge >= 0.3 is 0 Å². The predicted molar refractivity (Wildman–Crippen MR) is 122 cm³/mol. The van der Waals surface area contributed by atoms with Crippen LogP contribution < -0.4 is 4.74 Å². The van der Waals surface area contributed by atoms with E-state index in [-0.39, 0.29) is 5.91 Å². The Bertz CT molecular complexity index is 1020. The number of thiazole rings is 1. The van der Waals surface area contributed by atoms with Gasteiger partial charge in [-0.25, -0.2) is 4.98 Å². The molecule has 29 heavy (non-hydrogen) atoms. The van der Waals surface area contributed by atoms with Crippen LogP contribution >= 0.6 is 46.3 Å². The zero-order valence-corrected chi connectivity index (χ0v) is 18.6. The summed E-state index contributed by atoms with van der Waals surface area (Å²) in [4.78, 5) is 19.2. The van der Waals surface area contributed by atoms with Gasteiger partial charge in [0.05, 0.1) is 15.6 Å². The molecular weight excluding hydrogens is 447 g/mol. The lowest BCUT2D eigenvalue weighted by Gasteiger charge is -2.25. The zero-order valence-electron chi connectivity index (χ0n) is 15.4. The molecule has 0 atom stereocenters. The van der Waals surface area contributed by atoms with Crippen LogP contribution in [0.2, 0.25) is 10.0 Å². The summed E-state index contributed by atoms with van der Waals surface area (Å²) in [6.07, 6.45) is 0. The fourth-order valence-electron chi connectivity index (χ4n) is 2.98. The lowest BCUT2D eigenvalue weighted by molar-refractivity contribution is 0.0767. The Hall–Kier alpha value is -1.73. The molecule has 1 aliphatic rings. The Morgan fingerprint density at radius 3 is 2.69 bits per heavy atom. The van der Waals surface area contributed by atoms with E-state index in [1.807, 2.05) is 52.4 Å². The Morgan fingerprint density at radius 2 is 1.90 bits per heavy atom. The Labute approximate surface area is 187 Å². The van der Waals surface area contributed by atoms with Gasteiger partial charge in [-0.3, -0.25) is 4.79 Å². The van der Waals surface area contributed by atoms with E-state index >= 15 is 0 Å². The first-order valence-electron chi connectivity index (χ1n) is 9.10. The number of halogens is 2. The lowest BCUT2D eigenvalue weighted by atomic mass is 10.2. The van der Waals surface area contributed by atoms with Gasteiger partial charge < -0.3 is 9.64 Å². The first kappa shape index (κ1) is 20.5. The summed E-state index contributed by atoms with van der Waals surface area (Å²) in [7, 11) is 0. The van der Waals surface area contributed by atoms with Gasteiger partial charge in [0.25, 0.3) is 5.91 Å². The van der Waals surface area contributed by atoms with Crippen LogP contribution in [0, 0.1) is 0 Å². The number of amides is 1. The summed E-state index contributed by atoms with van der Waals surface area (Å²) in [6.45, 7) is 1.91. The molecule has 0 radical (unpaired) electrons. The van der Waals surface area contributed by atoms with E-state index in [0.29, 0.717) is 28.1 Å². The molecule has 0 aliphatic carbocycles. The van der Waals surface area contributed by atoms with Crippen molar-refractivity contribution in [3.8, 4) is 16.3 Å². The van der Waals surface area contributed by atoms with Crippen molar-refractivity contribution in [2.45, 2.75) is 6.61 Å². The molecule has 0 N–H and O–H groups in total. The Balaban J connectivity index is 1.51. The molecule has 8 heteroatoms. The Morgan fingerprint density at radius 1 is 1.10 bits per heavy atom. The highest BCUT2D eigenvalue weighted by Crippen LogP contribution is 2.33. The molecule has 0 bridgehead atoms. The van der Waals surface area contributed by atoms with Crippen molar-refractivity contribution in [1.82, 2.24) is 9.88 Å². The van der Waals surface area contributed by atoms with Crippen molar-refractivity contribution in [2.24, 2.45) is 0 Å². The maximum absolute atomic E-state index is 12.7. The molecule has 2 heterocycles. The number of para-hydroxylation sites is 1. The number of nitrogens with zero attached hydrogens (tertiary/aromatic N) is 2. The number of ether oxygens (including phenoxy) is 1. The van der Waals surface area contributed by atoms with Gasteiger partial charge in [0.15, 0.2) is 0 Å². The molecule has 0 saturated carbocycles. The first-order valence-corrected chi connectivity index (χ1v) is 11.9. The van der Waals surface area contributed by atoms with Crippen LogP contribution in [0.5, 0.6) is 5.75 Å². The fraction of sp³-hybridized carbons (Fsp3) is 0.238. The van der Waals surface area contributed by atoms with Crippen molar-refractivity contribution >= 4 is 52.2 Å². The largest absolute Gasteiger partial charge is 0.488 e. The molecule has 2 aromatic carbocycles. The number of thioether (sulfide) groups is 1. The van der Waals surface area contributed by atoms with Crippen LogP contribution in [0.25, 0.3) is 10.6 Å². The minimum atomic E-state index is 0.00186. The van der Waals surface area contributed by atoms with Crippen LogP contribution in [-0.2, 0) is 6.61 Å². The summed E-state index contributed by atoms with van der Waals surface area (Å²) < 4.78 is 6.03. The van der Waals surface area contributed by atoms with E-state index in [4.69, 9.17) is 27.9 Å². The highest BCUT2D eigenvalue weighted by Gasteiger charge is 2.21. The van der Waals surface area contributed by atoms with Crippen LogP contribution in [0.1, 0.15) is 16.1 Å². The molecule has 0 spiro atoms. The number of rotatable bonds is 5. The summed E-state index contributed by atoms with van der Waals surface area (Å²) in [6, 6.07) is 13.1. The third-order valence-electron chi connectivity index (χ3n) is 4.52. The molecule has 1 aromatic heterocycles.